The Balaban J connectivity index is 4.35. The molecule has 0 saturated carbocycles. The van der Waals surface area contributed by atoms with Crippen LogP contribution < -0.4 is 11.1 Å². The Morgan fingerprint density at radius 1 is 1.33 bits per heavy atom. The van der Waals surface area contributed by atoms with Crippen LogP contribution in [0.4, 0.5) is 0 Å². The highest BCUT2D eigenvalue weighted by Crippen LogP contribution is 1.95. The summed E-state index contributed by atoms with van der Waals surface area (Å²) in [5.74, 6) is -3.35. The normalized spacial score (nSPS) is 14.0. The van der Waals surface area contributed by atoms with Crippen LogP contribution in [0.25, 0.3) is 0 Å². The predicted octanol–water partition coefficient (Wildman–Crippen LogP) is -1.23. The van der Waals surface area contributed by atoms with Crippen LogP contribution in [-0.2, 0) is 14.4 Å². The maximum absolute atomic E-state index is 11.2. The third-order valence-electron chi connectivity index (χ3n) is 1.77. The second-order valence-corrected chi connectivity index (χ2v) is 3.01. The molecule has 5 N–H and O–H groups in total. The summed E-state index contributed by atoms with van der Waals surface area (Å²) in [6.07, 6.45) is -0.317. The van der Waals surface area contributed by atoms with E-state index in [2.05, 4.69) is 5.32 Å². The Morgan fingerprint density at radius 3 is 2.20 bits per heavy atom. The summed E-state index contributed by atoms with van der Waals surface area (Å²) in [7, 11) is 0. The van der Waals surface area contributed by atoms with Gasteiger partial charge in [0.15, 0.2) is 0 Å². The van der Waals surface area contributed by atoms with Crippen LogP contribution in [0.15, 0.2) is 0 Å². The molecule has 2 atom stereocenters. The van der Waals surface area contributed by atoms with E-state index in [9.17, 15) is 14.4 Å². The Morgan fingerprint density at radius 2 is 1.87 bits per heavy atom. The van der Waals surface area contributed by atoms with Gasteiger partial charge in [0.1, 0.15) is 6.04 Å². The molecule has 0 radical (unpaired) electrons. The minimum absolute atomic E-state index is 0.352. The van der Waals surface area contributed by atoms with Gasteiger partial charge in [-0.25, -0.2) is 4.79 Å². The molecule has 0 fully saturated rings. The minimum atomic E-state index is -1.44. The number of carboxylic acids is 2. The molecule has 0 aromatic heterocycles. The molecule has 0 aliphatic carbocycles. The van der Waals surface area contributed by atoms with E-state index in [4.69, 9.17) is 15.9 Å². The molecule has 1 amide bonds. The number of rotatable bonds is 6. The van der Waals surface area contributed by atoms with Gasteiger partial charge in [-0.1, -0.05) is 6.92 Å². The minimum Gasteiger partial charge on any atom is -0.481 e. The van der Waals surface area contributed by atoms with Gasteiger partial charge in [-0.05, 0) is 6.42 Å². The quantitative estimate of drug-likeness (QED) is 0.441. The summed E-state index contributed by atoms with van der Waals surface area (Å²) < 4.78 is 0. The molecule has 86 valence electrons. The Hall–Kier alpha value is -1.63. The number of hydrogen-bond donors (Lipinski definition) is 4. The van der Waals surface area contributed by atoms with Crippen molar-refractivity contribution in [2.45, 2.75) is 31.8 Å². The SMILES string of the molecule is CCC(N)C(=O)NC(CC(=O)O)C(=O)O. The zero-order valence-corrected chi connectivity index (χ0v) is 8.27. The molecule has 7 nitrogen and oxygen atoms in total. The highest BCUT2D eigenvalue weighted by molar-refractivity contribution is 5.88. The fraction of sp³-hybridized carbons (Fsp3) is 0.625. The molecule has 0 bridgehead atoms. The van der Waals surface area contributed by atoms with Gasteiger partial charge in [-0.3, -0.25) is 9.59 Å². The summed E-state index contributed by atoms with van der Waals surface area (Å²) in [4.78, 5) is 32.0. The van der Waals surface area contributed by atoms with Crippen molar-refractivity contribution in [2.75, 3.05) is 0 Å². The molecule has 7 heteroatoms. The van der Waals surface area contributed by atoms with E-state index in [-0.39, 0.29) is 0 Å². The zero-order valence-electron chi connectivity index (χ0n) is 8.27. The highest BCUT2D eigenvalue weighted by atomic mass is 16.4. The first-order chi connectivity index (χ1) is 6.88. The van der Waals surface area contributed by atoms with Crippen molar-refractivity contribution in [3.63, 3.8) is 0 Å². The molecule has 0 aromatic carbocycles. The summed E-state index contributed by atoms with van der Waals surface area (Å²) in [5, 5.41) is 19.1. The molecule has 0 aromatic rings. The van der Waals surface area contributed by atoms with E-state index < -0.39 is 36.4 Å². The Labute approximate surface area is 86.3 Å². The van der Waals surface area contributed by atoms with Crippen molar-refractivity contribution in [2.24, 2.45) is 5.73 Å². The first-order valence-electron chi connectivity index (χ1n) is 4.39. The van der Waals surface area contributed by atoms with E-state index in [0.29, 0.717) is 6.42 Å². The number of nitrogens with two attached hydrogens (primary N) is 1. The second-order valence-electron chi connectivity index (χ2n) is 3.01. The third-order valence-corrected chi connectivity index (χ3v) is 1.77. The van der Waals surface area contributed by atoms with Crippen molar-refractivity contribution in [1.29, 1.82) is 0 Å². The van der Waals surface area contributed by atoms with Gasteiger partial charge < -0.3 is 21.3 Å². The van der Waals surface area contributed by atoms with Crippen molar-refractivity contribution >= 4 is 17.8 Å². The van der Waals surface area contributed by atoms with Crippen LogP contribution in [0, 0.1) is 0 Å². The first-order valence-corrected chi connectivity index (χ1v) is 4.39. The van der Waals surface area contributed by atoms with Crippen LogP contribution in [0.3, 0.4) is 0 Å². The van der Waals surface area contributed by atoms with Gasteiger partial charge in [0.05, 0.1) is 12.5 Å². The van der Waals surface area contributed by atoms with Crippen molar-refractivity contribution < 1.29 is 24.6 Å². The predicted molar refractivity (Wildman–Crippen MR) is 50.1 cm³/mol. The van der Waals surface area contributed by atoms with E-state index in [1.54, 1.807) is 6.92 Å². The molecule has 0 aliphatic heterocycles. The van der Waals surface area contributed by atoms with Crippen LogP contribution in [-0.4, -0.2) is 40.1 Å². The summed E-state index contributed by atoms with van der Waals surface area (Å²) >= 11 is 0. The van der Waals surface area contributed by atoms with Crippen molar-refractivity contribution in [1.82, 2.24) is 5.32 Å². The molecule has 15 heavy (non-hydrogen) atoms. The third kappa shape index (κ3) is 4.96. The van der Waals surface area contributed by atoms with Gasteiger partial charge in [-0.15, -0.1) is 0 Å². The maximum atomic E-state index is 11.2. The van der Waals surface area contributed by atoms with Crippen LogP contribution in [0.5, 0.6) is 0 Å². The van der Waals surface area contributed by atoms with Crippen LogP contribution >= 0.6 is 0 Å². The molecular formula is C8H14N2O5. The van der Waals surface area contributed by atoms with Gasteiger partial charge in [-0.2, -0.15) is 0 Å². The fourth-order valence-electron chi connectivity index (χ4n) is 0.839. The maximum Gasteiger partial charge on any atom is 0.326 e. The molecular weight excluding hydrogens is 204 g/mol. The van der Waals surface area contributed by atoms with Crippen molar-refractivity contribution in [3.05, 3.63) is 0 Å². The molecule has 0 rings (SSSR count). The number of aliphatic carboxylic acids is 2. The van der Waals surface area contributed by atoms with E-state index in [1.165, 1.54) is 0 Å². The van der Waals surface area contributed by atoms with Crippen LogP contribution in [0.2, 0.25) is 0 Å². The average Bonchev–Trinajstić information content (AvgIpc) is 2.14. The second kappa shape index (κ2) is 5.97. The fourth-order valence-corrected chi connectivity index (χ4v) is 0.839. The number of amides is 1. The standard InChI is InChI=1S/C8H14N2O5/c1-2-4(9)7(13)10-5(8(14)15)3-6(11)12/h4-5H,2-3,9H2,1H3,(H,10,13)(H,11,12)(H,14,15). The van der Waals surface area contributed by atoms with Gasteiger partial charge in [0, 0.05) is 0 Å². The number of carboxylic acid groups (broad SMARTS) is 2. The molecule has 2 unspecified atom stereocenters. The van der Waals surface area contributed by atoms with Crippen LogP contribution in [0.1, 0.15) is 19.8 Å². The van der Waals surface area contributed by atoms with Gasteiger partial charge >= 0.3 is 11.9 Å². The average molecular weight is 218 g/mol. The lowest BCUT2D eigenvalue weighted by atomic mass is 10.1. The van der Waals surface area contributed by atoms with Gasteiger partial charge in [0.25, 0.3) is 0 Å². The van der Waals surface area contributed by atoms with E-state index >= 15 is 0 Å². The lowest BCUT2D eigenvalue weighted by Crippen LogP contribution is -2.48. The lowest BCUT2D eigenvalue weighted by molar-refractivity contribution is -0.147. The topological polar surface area (TPSA) is 130 Å². The molecule has 0 heterocycles. The smallest absolute Gasteiger partial charge is 0.326 e. The number of carbonyl (C=O) groups excluding carboxylic acids is 1. The Bertz CT molecular complexity index is 266. The molecule has 0 aliphatic rings. The van der Waals surface area contributed by atoms with Gasteiger partial charge in [0.2, 0.25) is 5.91 Å². The number of nitrogens with one attached hydrogen (secondary N) is 1. The highest BCUT2D eigenvalue weighted by Gasteiger charge is 2.24. The van der Waals surface area contributed by atoms with E-state index in [0.717, 1.165) is 0 Å². The Kier molecular flexibility index (Phi) is 5.32. The van der Waals surface area contributed by atoms with E-state index in [1.807, 2.05) is 0 Å². The first kappa shape index (κ1) is 13.4. The largest absolute Gasteiger partial charge is 0.481 e. The summed E-state index contributed by atoms with van der Waals surface area (Å²) in [5.41, 5.74) is 5.34. The zero-order chi connectivity index (χ0) is 12.0. The monoisotopic (exact) mass is 218 g/mol. The van der Waals surface area contributed by atoms with Crippen molar-refractivity contribution in [3.8, 4) is 0 Å². The molecule has 0 saturated heterocycles. The summed E-state index contributed by atoms with van der Waals surface area (Å²) in [6.45, 7) is 1.66. The lowest BCUT2D eigenvalue weighted by Gasteiger charge is -2.15. The number of carbonyl (C=O) groups is 3. The molecule has 0 spiro atoms. The summed E-state index contributed by atoms with van der Waals surface area (Å²) in [6, 6.07) is -2.26. The number of hydrogen-bond acceptors (Lipinski definition) is 4.